The van der Waals surface area contributed by atoms with E-state index in [0.717, 1.165) is 13.1 Å². The van der Waals surface area contributed by atoms with Crippen LogP contribution in [0.15, 0.2) is 18.5 Å². The zero-order valence-corrected chi connectivity index (χ0v) is 8.18. The number of aromatic nitrogens is 2. The number of nitrogens with zero attached hydrogens (tertiary/aromatic N) is 2. The second kappa shape index (κ2) is 3.27. The third kappa shape index (κ3) is 1.48. The third-order valence-electron chi connectivity index (χ3n) is 3.24. The number of carbonyl (C=O) groups excluding carboxylic acids is 1. The number of hydrogen-bond acceptors (Lipinski definition) is 4. The molecule has 1 amide bonds. The highest BCUT2D eigenvalue weighted by molar-refractivity contribution is 5.94. The largest absolute Gasteiger partial charge is 0.349 e. The average Bonchev–Trinajstić information content (AvgIpc) is 2.75. The van der Waals surface area contributed by atoms with Crippen molar-refractivity contribution in [1.82, 2.24) is 20.8 Å². The molecule has 1 aliphatic carbocycles. The summed E-state index contributed by atoms with van der Waals surface area (Å²) in [5.41, 5.74) is 0.586. The molecule has 2 unspecified atom stereocenters. The number of amides is 1. The van der Waals surface area contributed by atoms with Gasteiger partial charge in [-0.05, 0) is 17.9 Å². The standard InChI is InChI=1S/C10H12N4O/c15-10(6-1-2-12-13-3-6)14-9-7-4-11-5-8(7)9/h1-3,7-9,11H,4-5H2,(H,14,15). The number of piperidine rings is 1. The Morgan fingerprint density at radius 1 is 1.40 bits per heavy atom. The van der Waals surface area contributed by atoms with Gasteiger partial charge in [0.05, 0.1) is 18.0 Å². The summed E-state index contributed by atoms with van der Waals surface area (Å²) >= 11 is 0. The van der Waals surface area contributed by atoms with Crippen LogP contribution in [0.2, 0.25) is 0 Å². The third-order valence-corrected chi connectivity index (χ3v) is 3.24. The molecule has 0 radical (unpaired) electrons. The van der Waals surface area contributed by atoms with Gasteiger partial charge in [-0.25, -0.2) is 0 Å². The lowest BCUT2D eigenvalue weighted by Crippen LogP contribution is -2.32. The van der Waals surface area contributed by atoms with Crippen LogP contribution in [0.3, 0.4) is 0 Å². The van der Waals surface area contributed by atoms with Gasteiger partial charge in [0.2, 0.25) is 0 Å². The number of fused-ring (bicyclic) bond motifs is 1. The molecule has 0 spiro atoms. The summed E-state index contributed by atoms with van der Waals surface area (Å²) < 4.78 is 0. The highest BCUT2D eigenvalue weighted by Crippen LogP contribution is 2.41. The summed E-state index contributed by atoms with van der Waals surface area (Å²) in [6.45, 7) is 2.06. The van der Waals surface area contributed by atoms with E-state index in [1.165, 1.54) is 12.4 Å². The predicted molar refractivity (Wildman–Crippen MR) is 53.1 cm³/mol. The lowest BCUT2D eigenvalue weighted by Gasteiger charge is -2.06. The Labute approximate surface area is 87.3 Å². The minimum absolute atomic E-state index is 0.0377. The van der Waals surface area contributed by atoms with Gasteiger partial charge in [0.1, 0.15) is 0 Å². The molecule has 1 saturated carbocycles. The van der Waals surface area contributed by atoms with Crippen LogP contribution in [0.5, 0.6) is 0 Å². The first kappa shape index (κ1) is 8.79. The van der Waals surface area contributed by atoms with Gasteiger partial charge in [-0.1, -0.05) is 0 Å². The van der Waals surface area contributed by atoms with Crippen molar-refractivity contribution in [2.24, 2.45) is 11.8 Å². The summed E-state index contributed by atoms with van der Waals surface area (Å²) in [5.74, 6) is 1.25. The Morgan fingerprint density at radius 2 is 2.20 bits per heavy atom. The van der Waals surface area contributed by atoms with E-state index in [0.29, 0.717) is 23.4 Å². The molecule has 3 rings (SSSR count). The zero-order valence-electron chi connectivity index (χ0n) is 8.18. The van der Waals surface area contributed by atoms with Crippen molar-refractivity contribution in [3.8, 4) is 0 Å². The molecular weight excluding hydrogens is 192 g/mol. The second-order valence-corrected chi connectivity index (χ2v) is 4.12. The molecule has 2 aliphatic rings. The first-order chi connectivity index (χ1) is 7.36. The topological polar surface area (TPSA) is 66.9 Å². The second-order valence-electron chi connectivity index (χ2n) is 4.12. The van der Waals surface area contributed by atoms with Crippen LogP contribution in [0.1, 0.15) is 10.4 Å². The first-order valence-electron chi connectivity index (χ1n) is 5.14. The lowest BCUT2D eigenvalue weighted by molar-refractivity contribution is 0.0946. The molecule has 5 heteroatoms. The van der Waals surface area contributed by atoms with Crippen LogP contribution < -0.4 is 10.6 Å². The monoisotopic (exact) mass is 204 g/mol. The van der Waals surface area contributed by atoms with Crippen LogP contribution in [0, 0.1) is 11.8 Å². The minimum Gasteiger partial charge on any atom is -0.349 e. The smallest absolute Gasteiger partial charge is 0.253 e. The molecule has 1 aromatic heterocycles. The van der Waals surface area contributed by atoms with Crippen LogP contribution >= 0.6 is 0 Å². The SMILES string of the molecule is O=C(NC1C2CNCC21)c1ccnnc1. The lowest BCUT2D eigenvalue weighted by atomic mass is 10.3. The number of nitrogens with one attached hydrogen (secondary N) is 2. The van der Waals surface area contributed by atoms with Crippen molar-refractivity contribution in [3.63, 3.8) is 0 Å². The Hall–Kier alpha value is -1.49. The van der Waals surface area contributed by atoms with Crippen LogP contribution in [-0.2, 0) is 0 Å². The van der Waals surface area contributed by atoms with Crippen molar-refractivity contribution in [2.45, 2.75) is 6.04 Å². The van der Waals surface area contributed by atoms with Gasteiger partial charge in [0.25, 0.3) is 5.91 Å². The maximum atomic E-state index is 11.7. The molecule has 0 bridgehead atoms. The summed E-state index contributed by atoms with van der Waals surface area (Å²) in [6, 6.07) is 2.05. The maximum Gasteiger partial charge on any atom is 0.253 e. The zero-order chi connectivity index (χ0) is 10.3. The Kier molecular flexibility index (Phi) is 1.92. The Balaban J connectivity index is 1.63. The van der Waals surface area contributed by atoms with E-state index in [-0.39, 0.29) is 5.91 Å². The van der Waals surface area contributed by atoms with Gasteiger partial charge < -0.3 is 10.6 Å². The fraction of sp³-hybridized carbons (Fsp3) is 0.500. The maximum absolute atomic E-state index is 11.7. The number of hydrogen-bond donors (Lipinski definition) is 2. The molecule has 2 heterocycles. The van der Waals surface area contributed by atoms with Gasteiger partial charge in [0, 0.05) is 19.1 Å². The summed E-state index contributed by atoms with van der Waals surface area (Å²) in [7, 11) is 0. The average molecular weight is 204 g/mol. The van der Waals surface area contributed by atoms with Crippen molar-refractivity contribution in [3.05, 3.63) is 24.0 Å². The molecule has 2 fully saturated rings. The highest BCUT2D eigenvalue weighted by Gasteiger charge is 2.53. The highest BCUT2D eigenvalue weighted by atomic mass is 16.1. The molecule has 1 saturated heterocycles. The summed E-state index contributed by atoms with van der Waals surface area (Å²) in [5, 5.41) is 13.6. The van der Waals surface area contributed by atoms with Crippen LogP contribution in [-0.4, -0.2) is 35.2 Å². The Bertz CT molecular complexity index is 370. The normalized spacial score (nSPS) is 32.1. The van der Waals surface area contributed by atoms with Crippen molar-refractivity contribution >= 4 is 5.91 Å². The van der Waals surface area contributed by atoms with Gasteiger partial charge in [-0.2, -0.15) is 10.2 Å². The van der Waals surface area contributed by atoms with Crippen molar-refractivity contribution in [2.75, 3.05) is 13.1 Å². The number of carbonyl (C=O) groups is 1. The first-order valence-corrected chi connectivity index (χ1v) is 5.14. The van der Waals surface area contributed by atoms with E-state index in [2.05, 4.69) is 20.8 Å². The van der Waals surface area contributed by atoms with Crippen molar-refractivity contribution in [1.29, 1.82) is 0 Å². The molecule has 0 aromatic carbocycles. The molecule has 78 valence electrons. The van der Waals surface area contributed by atoms with E-state index in [1.54, 1.807) is 6.07 Å². The quantitative estimate of drug-likeness (QED) is 0.676. The van der Waals surface area contributed by atoms with E-state index >= 15 is 0 Å². The van der Waals surface area contributed by atoms with E-state index in [1.807, 2.05) is 0 Å². The fourth-order valence-electron chi connectivity index (χ4n) is 2.29. The summed E-state index contributed by atoms with van der Waals surface area (Å²) in [6.07, 6.45) is 3.02. The van der Waals surface area contributed by atoms with Gasteiger partial charge in [0.15, 0.2) is 0 Å². The molecule has 2 atom stereocenters. The minimum atomic E-state index is -0.0377. The molecule has 1 aromatic rings. The van der Waals surface area contributed by atoms with Gasteiger partial charge >= 0.3 is 0 Å². The van der Waals surface area contributed by atoms with Crippen molar-refractivity contribution < 1.29 is 4.79 Å². The van der Waals surface area contributed by atoms with Gasteiger partial charge in [-0.3, -0.25) is 4.79 Å². The van der Waals surface area contributed by atoms with Crippen LogP contribution in [0.25, 0.3) is 0 Å². The van der Waals surface area contributed by atoms with Gasteiger partial charge in [-0.15, -0.1) is 0 Å². The number of rotatable bonds is 2. The fourth-order valence-corrected chi connectivity index (χ4v) is 2.29. The molecule has 1 aliphatic heterocycles. The molecular formula is C10H12N4O. The van der Waals surface area contributed by atoms with E-state index < -0.39 is 0 Å². The molecule has 2 N–H and O–H groups in total. The van der Waals surface area contributed by atoms with E-state index in [4.69, 9.17) is 0 Å². The molecule has 15 heavy (non-hydrogen) atoms. The summed E-state index contributed by atoms with van der Waals surface area (Å²) in [4.78, 5) is 11.7. The van der Waals surface area contributed by atoms with E-state index in [9.17, 15) is 4.79 Å². The Morgan fingerprint density at radius 3 is 2.87 bits per heavy atom. The molecule has 5 nitrogen and oxygen atoms in total. The van der Waals surface area contributed by atoms with Crippen LogP contribution in [0.4, 0.5) is 0 Å². The predicted octanol–water partition coefficient (Wildman–Crippen LogP) is -0.576.